The third-order valence-corrected chi connectivity index (χ3v) is 1.80. The van der Waals surface area contributed by atoms with Crippen LogP contribution in [0.5, 0.6) is 0 Å². The van der Waals surface area contributed by atoms with E-state index in [0.717, 1.165) is 10.9 Å². The summed E-state index contributed by atoms with van der Waals surface area (Å²) in [6.45, 7) is 0. The van der Waals surface area contributed by atoms with Crippen molar-refractivity contribution in [1.82, 2.24) is 25.3 Å². The Morgan fingerprint density at radius 1 is 1.25 bits per heavy atom. The molecule has 0 aliphatic rings. The van der Waals surface area contributed by atoms with Crippen molar-refractivity contribution in [3.63, 3.8) is 0 Å². The van der Waals surface area contributed by atoms with E-state index in [1.54, 1.807) is 0 Å². The molecule has 0 bridgehead atoms. The van der Waals surface area contributed by atoms with E-state index >= 15 is 0 Å². The van der Waals surface area contributed by atoms with Gasteiger partial charge in [-0.2, -0.15) is 5.21 Å². The molecule has 0 atom stereocenters. The number of hydrogen-bond acceptors (Lipinski definition) is 3. The minimum Gasteiger partial charge on any atom is -0.271 e. The minimum atomic E-state index is 0.714. The number of hydrogen-bond donors (Lipinski definition) is 0. The molecular formula is C7H4N5-. The van der Waals surface area contributed by atoms with E-state index in [9.17, 15) is 0 Å². The molecule has 2 heterocycles. The van der Waals surface area contributed by atoms with Gasteiger partial charge in [0.1, 0.15) is 0 Å². The number of aromatic nitrogens is 5. The third-order valence-electron chi connectivity index (χ3n) is 1.80. The predicted molar refractivity (Wildman–Crippen MR) is 41.6 cm³/mol. The average Bonchev–Trinajstić information content (AvgIpc) is 2.62. The molecule has 5 nitrogen and oxygen atoms in total. The Morgan fingerprint density at radius 2 is 2.17 bits per heavy atom. The fourth-order valence-corrected chi connectivity index (χ4v) is 1.26. The summed E-state index contributed by atoms with van der Waals surface area (Å²) in [5.41, 5.74) is 1.61. The molecule has 0 radical (unpaired) electrons. The standard InChI is InChI=1S/C7H4N5/c1-2-4-6-5(3-1)7-8-10-11-12(7)9-6/h1-4H/q-1. The van der Waals surface area contributed by atoms with Crippen LogP contribution in [0.1, 0.15) is 0 Å². The van der Waals surface area contributed by atoms with Crippen LogP contribution in [0.4, 0.5) is 0 Å². The van der Waals surface area contributed by atoms with Gasteiger partial charge in [-0.15, -0.1) is 0 Å². The second-order valence-corrected chi connectivity index (χ2v) is 2.51. The molecular weight excluding hydrogens is 154 g/mol. The molecule has 0 N–H and O–H groups in total. The van der Waals surface area contributed by atoms with Crippen molar-refractivity contribution in [1.29, 1.82) is 0 Å². The quantitative estimate of drug-likeness (QED) is 0.470. The van der Waals surface area contributed by atoms with Crippen LogP contribution in [-0.2, 0) is 0 Å². The summed E-state index contributed by atoms with van der Waals surface area (Å²) in [7, 11) is 0. The predicted octanol–water partition coefficient (Wildman–Crippen LogP) is 0.235. The summed E-state index contributed by atoms with van der Waals surface area (Å²) in [6.07, 6.45) is 0. The fraction of sp³-hybridized carbons (Fsp3) is 0. The Labute approximate surface area is 67.0 Å². The topological polar surface area (TPSA) is 57.2 Å². The molecule has 0 aliphatic heterocycles. The zero-order valence-corrected chi connectivity index (χ0v) is 6.05. The molecule has 1 aromatic carbocycles. The second-order valence-electron chi connectivity index (χ2n) is 2.51. The maximum Gasteiger partial charge on any atom is 0.0782 e. The van der Waals surface area contributed by atoms with Gasteiger partial charge in [0.2, 0.25) is 0 Å². The first-order valence-electron chi connectivity index (χ1n) is 3.55. The number of rotatable bonds is 0. The summed E-state index contributed by atoms with van der Waals surface area (Å²) >= 11 is 0. The van der Waals surface area contributed by atoms with E-state index < -0.39 is 0 Å². The Balaban J connectivity index is 2.68. The lowest BCUT2D eigenvalue weighted by molar-refractivity contribution is 0.748. The molecule has 0 fully saturated rings. The van der Waals surface area contributed by atoms with Crippen molar-refractivity contribution >= 4 is 16.6 Å². The number of benzene rings is 1. The molecule has 0 saturated carbocycles. The van der Waals surface area contributed by atoms with Gasteiger partial charge in [-0.05, 0) is 6.07 Å². The summed E-state index contributed by atoms with van der Waals surface area (Å²) in [5.74, 6) is 0. The maximum atomic E-state index is 4.16. The lowest BCUT2D eigenvalue weighted by Gasteiger charge is -1.84. The maximum absolute atomic E-state index is 4.16. The third kappa shape index (κ3) is 0.554. The van der Waals surface area contributed by atoms with Gasteiger partial charge >= 0.3 is 0 Å². The molecule has 3 rings (SSSR count). The Hall–Kier alpha value is -1.91. The number of tetrazole rings is 1. The number of nitrogens with zero attached hydrogens (tertiary/aromatic N) is 5. The van der Waals surface area contributed by atoms with Crippen LogP contribution in [0.2, 0.25) is 0 Å². The highest BCUT2D eigenvalue weighted by Crippen LogP contribution is 2.14. The van der Waals surface area contributed by atoms with Crippen molar-refractivity contribution in [2.24, 2.45) is 0 Å². The highest BCUT2D eigenvalue weighted by atomic mass is 15.6. The zero-order valence-electron chi connectivity index (χ0n) is 6.05. The highest BCUT2D eigenvalue weighted by Gasteiger charge is 1.97. The zero-order chi connectivity index (χ0) is 7.97. The normalized spacial score (nSPS) is 11.3. The van der Waals surface area contributed by atoms with Gasteiger partial charge in [0.25, 0.3) is 0 Å². The highest BCUT2D eigenvalue weighted by molar-refractivity contribution is 5.91. The number of fused-ring (bicyclic) bond motifs is 3. The molecule has 0 unspecified atom stereocenters. The Kier molecular flexibility index (Phi) is 0.864. The first-order chi connectivity index (χ1) is 5.95. The summed E-state index contributed by atoms with van der Waals surface area (Å²) < 4.78 is 1.44. The van der Waals surface area contributed by atoms with E-state index in [4.69, 9.17) is 0 Å². The molecule has 0 spiro atoms. The van der Waals surface area contributed by atoms with Crippen LogP contribution < -0.4 is 5.10 Å². The molecule has 0 amide bonds. The van der Waals surface area contributed by atoms with Gasteiger partial charge in [-0.25, -0.2) is 10.3 Å². The van der Waals surface area contributed by atoms with Crippen LogP contribution >= 0.6 is 0 Å². The Morgan fingerprint density at radius 3 is 3.17 bits per heavy atom. The molecule has 5 heteroatoms. The van der Waals surface area contributed by atoms with Crippen LogP contribution in [0.25, 0.3) is 16.6 Å². The van der Waals surface area contributed by atoms with Gasteiger partial charge in [-0.3, -0.25) is 9.73 Å². The lowest BCUT2D eigenvalue weighted by atomic mass is 10.2. The van der Waals surface area contributed by atoms with Gasteiger partial charge in [-0.1, -0.05) is 18.2 Å². The van der Waals surface area contributed by atoms with Crippen LogP contribution in [0.3, 0.4) is 0 Å². The molecule has 0 aliphatic carbocycles. The largest absolute Gasteiger partial charge is 0.271 e. The molecule has 2 aromatic heterocycles. The fourth-order valence-electron chi connectivity index (χ4n) is 1.26. The van der Waals surface area contributed by atoms with Crippen molar-refractivity contribution in [2.45, 2.75) is 0 Å². The van der Waals surface area contributed by atoms with Crippen molar-refractivity contribution in [2.75, 3.05) is 0 Å². The van der Waals surface area contributed by atoms with Gasteiger partial charge < -0.3 is 0 Å². The molecule has 3 aromatic rings. The molecule has 58 valence electrons. The average molecular weight is 158 g/mol. The summed E-state index contributed by atoms with van der Waals surface area (Å²) in [6, 6.07) is 7.75. The van der Waals surface area contributed by atoms with E-state index in [-0.39, 0.29) is 0 Å². The van der Waals surface area contributed by atoms with Crippen LogP contribution in [0.15, 0.2) is 24.3 Å². The minimum absolute atomic E-state index is 0.714. The van der Waals surface area contributed by atoms with E-state index in [1.807, 2.05) is 24.3 Å². The summed E-state index contributed by atoms with van der Waals surface area (Å²) in [4.78, 5) is 0. The lowest BCUT2D eigenvalue weighted by Crippen LogP contribution is -1.84. The van der Waals surface area contributed by atoms with Gasteiger partial charge in [0.05, 0.1) is 11.2 Å². The monoisotopic (exact) mass is 158 g/mol. The first-order valence-corrected chi connectivity index (χ1v) is 3.55. The SMILES string of the molecule is c1ccc2c(c1)nn1nn[n-]c21. The van der Waals surface area contributed by atoms with Crippen LogP contribution in [-0.4, -0.2) is 20.2 Å². The second kappa shape index (κ2) is 1.82. The van der Waals surface area contributed by atoms with Gasteiger partial charge in [0.15, 0.2) is 0 Å². The van der Waals surface area contributed by atoms with Crippen molar-refractivity contribution in [3.8, 4) is 0 Å². The van der Waals surface area contributed by atoms with Crippen LogP contribution in [0, 0.1) is 0 Å². The van der Waals surface area contributed by atoms with Gasteiger partial charge in [0, 0.05) is 5.39 Å². The molecule has 12 heavy (non-hydrogen) atoms. The first kappa shape index (κ1) is 5.70. The van der Waals surface area contributed by atoms with Crippen molar-refractivity contribution in [3.05, 3.63) is 24.3 Å². The van der Waals surface area contributed by atoms with E-state index in [1.165, 1.54) is 4.63 Å². The Bertz CT molecular complexity index is 534. The van der Waals surface area contributed by atoms with E-state index in [0.29, 0.717) is 5.65 Å². The molecule has 0 saturated heterocycles. The van der Waals surface area contributed by atoms with Crippen molar-refractivity contribution < 1.29 is 0 Å². The smallest absolute Gasteiger partial charge is 0.0782 e. The van der Waals surface area contributed by atoms with E-state index in [2.05, 4.69) is 20.6 Å². The summed E-state index contributed by atoms with van der Waals surface area (Å²) in [5, 5.41) is 16.2.